The molecular formula is C33H42N4O3. The van der Waals surface area contributed by atoms with Crippen LogP contribution in [-0.4, -0.2) is 54.2 Å². The van der Waals surface area contributed by atoms with E-state index in [4.69, 9.17) is 0 Å². The summed E-state index contributed by atoms with van der Waals surface area (Å²) in [6.45, 7) is 7.89. The molecule has 0 aliphatic carbocycles. The van der Waals surface area contributed by atoms with Gasteiger partial charge < -0.3 is 26.0 Å². The number of amides is 2. The maximum absolute atomic E-state index is 13.6. The molecule has 1 fully saturated rings. The summed E-state index contributed by atoms with van der Waals surface area (Å²) in [5.41, 5.74) is 3.96. The molecule has 0 spiro atoms. The Morgan fingerprint density at radius 2 is 1.68 bits per heavy atom. The van der Waals surface area contributed by atoms with Gasteiger partial charge in [-0.05, 0) is 69.4 Å². The Balaban J connectivity index is 1.51. The predicted molar refractivity (Wildman–Crippen MR) is 162 cm³/mol. The second-order valence-corrected chi connectivity index (χ2v) is 11.2. The molecule has 0 saturated carbocycles. The first-order valence-corrected chi connectivity index (χ1v) is 14.3. The minimum absolute atomic E-state index is 0.0709. The van der Waals surface area contributed by atoms with Crippen LogP contribution < -0.4 is 20.9 Å². The summed E-state index contributed by atoms with van der Waals surface area (Å²) in [4.78, 5) is 27.8. The Morgan fingerprint density at radius 1 is 1.00 bits per heavy atom. The van der Waals surface area contributed by atoms with E-state index in [1.54, 1.807) is 17.0 Å². The number of nitrogens with zero attached hydrogens (tertiary/aromatic N) is 1. The van der Waals surface area contributed by atoms with Crippen molar-refractivity contribution < 1.29 is 14.7 Å². The van der Waals surface area contributed by atoms with Crippen molar-refractivity contribution >= 4 is 23.2 Å². The van der Waals surface area contributed by atoms with Crippen LogP contribution in [0.3, 0.4) is 0 Å². The normalized spacial score (nSPS) is 15.1. The van der Waals surface area contributed by atoms with Gasteiger partial charge in [-0.25, -0.2) is 0 Å². The number of carbonyl (C=O) groups excluding carboxylic acids is 2. The fraction of sp³-hybridized carbons (Fsp3) is 0.394. The van der Waals surface area contributed by atoms with Gasteiger partial charge in [0, 0.05) is 48.5 Å². The summed E-state index contributed by atoms with van der Waals surface area (Å²) in [5.74, 6) is -0.210. The van der Waals surface area contributed by atoms with Gasteiger partial charge in [-0.15, -0.1) is 0 Å². The Morgan fingerprint density at radius 3 is 2.30 bits per heavy atom. The Bertz CT molecular complexity index is 1260. The predicted octanol–water partition coefficient (Wildman–Crippen LogP) is 4.56. The van der Waals surface area contributed by atoms with Crippen LogP contribution in [0.2, 0.25) is 0 Å². The average Bonchev–Trinajstić information content (AvgIpc) is 3.38. The maximum Gasteiger partial charge on any atom is 0.251 e. The van der Waals surface area contributed by atoms with Crippen molar-refractivity contribution in [2.24, 2.45) is 0 Å². The van der Waals surface area contributed by atoms with Crippen molar-refractivity contribution in [1.82, 2.24) is 10.6 Å². The van der Waals surface area contributed by atoms with E-state index < -0.39 is 12.1 Å². The van der Waals surface area contributed by atoms with Crippen molar-refractivity contribution in [3.8, 4) is 0 Å². The molecule has 1 heterocycles. The quantitative estimate of drug-likeness (QED) is 0.254. The van der Waals surface area contributed by atoms with Crippen LogP contribution in [0, 0.1) is 0 Å². The lowest BCUT2D eigenvalue weighted by molar-refractivity contribution is -0.117. The summed E-state index contributed by atoms with van der Waals surface area (Å²) < 4.78 is 0. The van der Waals surface area contributed by atoms with Gasteiger partial charge >= 0.3 is 0 Å². The summed E-state index contributed by atoms with van der Waals surface area (Å²) >= 11 is 0. The number of benzene rings is 3. The van der Waals surface area contributed by atoms with Gasteiger partial charge in [-0.2, -0.15) is 0 Å². The zero-order valence-electron chi connectivity index (χ0n) is 23.8. The molecule has 7 nitrogen and oxygen atoms in total. The zero-order valence-corrected chi connectivity index (χ0v) is 23.8. The minimum atomic E-state index is -0.823. The number of aliphatic hydroxyl groups is 1. The standard InChI is InChI=1S/C33H42N4O3/c1-4-34-27-19-26(20-28(21-27)37-17-11-16-31(37)39)32(40)36-29(18-24-12-7-5-8-13-24)30(38)23-35-33(2,3)22-25-14-9-6-10-15-25/h5-10,12-15,19-21,29-30,34-35,38H,4,11,16-18,22-23H2,1-3H3,(H,36,40)/t29-,30-/m0/s1. The third kappa shape index (κ3) is 8.16. The second kappa shape index (κ2) is 13.6. The van der Waals surface area contributed by atoms with Gasteiger partial charge in [0.2, 0.25) is 5.91 Å². The van der Waals surface area contributed by atoms with Crippen LogP contribution in [0.25, 0.3) is 0 Å². The Kier molecular flexibility index (Phi) is 9.96. The third-order valence-electron chi connectivity index (χ3n) is 7.30. The summed E-state index contributed by atoms with van der Waals surface area (Å²) in [5, 5.41) is 21.2. The number of hydrogen-bond donors (Lipinski definition) is 4. The molecule has 4 N–H and O–H groups in total. The van der Waals surface area contributed by atoms with Crippen molar-refractivity contribution in [1.29, 1.82) is 0 Å². The number of nitrogens with one attached hydrogen (secondary N) is 3. The van der Waals surface area contributed by atoms with Crippen LogP contribution in [0.15, 0.2) is 78.9 Å². The van der Waals surface area contributed by atoms with Crippen molar-refractivity contribution in [2.75, 3.05) is 29.9 Å². The highest BCUT2D eigenvalue weighted by Gasteiger charge is 2.27. The lowest BCUT2D eigenvalue weighted by Crippen LogP contribution is -2.52. The van der Waals surface area contributed by atoms with E-state index in [0.29, 0.717) is 38.0 Å². The van der Waals surface area contributed by atoms with Gasteiger partial charge in [0.15, 0.2) is 0 Å². The molecule has 3 aromatic carbocycles. The fourth-order valence-electron chi connectivity index (χ4n) is 5.22. The Labute approximate surface area is 238 Å². The lowest BCUT2D eigenvalue weighted by atomic mass is 9.94. The monoisotopic (exact) mass is 542 g/mol. The largest absolute Gasteiger partial charge is 0.390 e. The van der Waals surface area contributed by atoms with Gasteiger partial charge in [-0.3, -0.25) is 9.59 Å². The van der Waals surface area contributed by atoms with Crippen LogP contribution in [0.4, 0.5) is 11.4 Å². The third-order valence-corrected chi connectivity index (χ3v) is 7.30. The molecule has 2 atom stereocenters. The van der Waals surface area contributed by atoms with Gasteiger partial charge in [0.05, 0.1) is 12.1 Å². The molecule has 0 aromatic heterocycles. The second-order valence-electron chi connectivity index (χ2n) is 11.2. The molecule has 1 aliphatic heterocycles. The molecule has 7 heteroatoms. The maximum atomic E-state index is 13.6. The lowest BCUT2D eigenvalue weighted by Gasteiger charge is -2.31. The van der Waals surface area contributed by atoms with E-state index in [1.807, 2.05) is 61.5 Å². The first kappa shape index (κ1) is 29.3. The first-order valence-electron chi connectivity index (χ1n) is 14.3. The molecular weight excluding hydrogens is 500 g/mol. The first-order chi connectivity index (χ1) is 19.2. The van der Waals surface area contributed by atoms with Gasteiger partial charge in [0.1, 0.15) is 0 Å². The molecule has 212 valence electrons. The number of hydrogen-bond acceptors (Lipinski definition) is 5. The van der Waals surface area contributed by atoms with Crippen LogP contribution in [0.5, 0.6) is 0 Å². The minimum Gasteiger partial charge on any atom is -0.390 e. The van der Waals surface area contributed by atoms with Crippen molar-refractivity contribution in [2.45, 2.75) is 64.1 Å². The number of carbonyl (C=O) groups is 2. The molecule has 0 radical (unpaired) electrons. The molecule has 40 heavy (non-hydrogen) atoms. The molecule has 1 saturated heterocycles. The summed E-state index contributed by atoms with van der Waals surface area (Å²) in [6, 6.07) is 25.1. The van der Waals surface area contributed by atoms with Gasteiger partial charge in [-0.1, -0.05) is 60.7 Å². The van der Waals surface area contributed by atoms with Crippen molar-refractivity contribution in [3.63, 3.8) is 0 Å². The topological polar surface area (TPSA) is 93.7 Å². The van der Waals surface area contributed by atoms with Crippen LogP contribution in [0.1, 0.15) is 55.1 Å². The Hall–Kier alpha value is -3.68. The number of aliphatic hydroxyl groups excluding tert-OH is 1. The number of rotatable bonds is 13. The average molecular weight is 543 g/mol. The smallest absolute Gasteiger partial charge is 0.251 e. The van der Waals surface area contributed by atoms with E-state index >= 15 is 0 Å². The summed E-state index contributed by atoms with van der Waals surface area (Å²) in [7, 11) is 0. The number of β-amino-alcohol motifs (C(OH)–C–C–N with tert-alkyl or cyclic N) is 1. The molecule has 0 unspecified atom stereocenters. The van der Waals surface area contributed by atoms with Crippen molar-refractivity contribution in [3.05, 3.63) is 95.6 Å². The van der Waals surface area contributed by atoms with E-state index in [1.165, 1.54) is 5.56 Å². The van der Waals surface area contributed by atoms with E-state index in [0.717, 1.165) is 29.8 Å². The van der Waals surface area contributed by atoms with E-state index in [9.17, 15) is 14.7 Å². The fourth-order valence-corrected chi connectivity index (χ4v) is 5.22. The molecule has 0 bridgehead atoms. The highest BCUT2D eigenvalue weighted by Crippen LogP contribution is 2.27. The summed E-state index contributed by atoms with van der Waals surface area (Å²) in [6.07, 6.45) is 1.80. The van der Waals surface area contributed by atoms with Crippen LogP contribution in [-0.2, 0) is 17.6 Å². The molecule has 1 aliphatic rings. The van der Waals surface area contributed by atoms with Gasteiger partial charge in [0.25, 0.3) is 5.91 Å². The van der Waals surface area contributed by atoms with E-state index in [2.05, 4.69) is 41.9 Å². The molecule has 4 rings (SSSR count). The SMILES string of the molecule is CCNc1cc(C(=O)N[C@@H](Cc2ccccc2)[C@@H](O)CNC(C)(C)Cc2ccccc2)cc(N2CCCC2=O)c1. The zero-order chi connectivity index (χ0) is 28.5. The molecule has 3 aromatic rings. The highest BCUT2D eigenvalue weighted by atomic mass is 16.3. The van der Waals surface area contributed by atoms with E-state index in [-0.39, 0.29) is 17.4 Å². The highest BCUT2D eigenvalue weighted by molar-refractivity contribution is 6.00. The number of anilines is 2. The van der Waals surface area contributed by atoms with Crippen LogP contribution >= 0.6 is 0 Å². The molecule has 2 amide bonds.